The van der Waals surface area contributed by atoms with Gasteiger partial charge >= 0.3 is 0 Å². The molecule has 2 heterocycles. The van der Waals surface area contributed by atoms with Gasteiger partial charge in [-0.15, -0.1) is 0 Å². The zero-order valence-electron chi connectivity index (χ0n) is 26.8. The fourth-order valence-electron chi connectivity index (χ4n) is 4.29. The van der Waals surface area contributed by atoms with Gasteiger partial charge in [0.25, 0.3) is 17.4 Å². The number of hydrogen-bond donors (Lipinski definition) is 0. The van der Waals surface area contributed by atoms with Crippen LogP contribution in [0.15, 0.2) is 29.2 Å². The molecule has 1 atom stereocenters. The lowest BCUT2D eigenvalue weighted by Gasteiger charge is -2.36. The van der Waals surface area contributed by atoms with E-state index in [0.717, 1.165) is 15.6 Å². The molecule has 2 amide bonds. The smallest absolute Gasteiger partial charge is 0.275 e. The SMILES string of the molecule is CC(C)(C)[Si](C)(C)OCCC(F)(F)CCOc1ccc2c(=O)n(C3CCC(=O)N(COCC[Si](C)(C)C)C3=O)ncc2c1. The van der Waals surface area contributed by atoms with Gasteiger partial charge in [0.2, 0.25) is 5.91 Å². The number of amides is 2. The minimum Gasteiger partial charge on any atom is -0.493 e. The van der Waals surface area contributed by atoms with Crippen LogP contribution >= 0.6 is 0 Å². The Balaban J connectivity index is 1.60. The zero-order chi connectivity index (χ0) is 32.2. The maximum Gasteiger partial charge on any atom is 0.275 e. The first kappa shape index (κ1) is 35.0. The normalized spacial score (nSPS) is 17.2. The monoisotopic (exact) mass is 639 g/mol. The molecular formula is C30H47F2N3O6Si2. The molecule has 43 heavy (non-hydrogen) atoms. The average molecular weight is 640 g/mol. The highest BCUT2D eigenvalue weighted by atomic mass is 28.4. The molecule has 0 aliphatic carbocycles. The van der Waals surface area contributed by atoms with Gasteiger partial charge in [0.1, 0.15) is 18.5 Å². The fourth-order valence-corrected chi connectivity index (χ4v) is 6.09. The zero-order valence-corrected chi connectivity index (χ0v) is 28.8. The molecule has 1 saturated heterocycles. The molecule has 1 aromatic heterocycles. The number of ether oxygens (including phenoxy) is 2. The van der Waals surface area contributed by atoms with Crippen LogP contribution in [0.4, 0.5) is 8.78 Å². The minimum atomic E-state index is -2.93. The molecule has 1 aromatic carbocycles. The molecular weight excluding hydrogens is 593 g/mol. The van der Waals surface area contributed by atoms with E-state index < -0.39 is 46.2 Å². The van der Waals surface area contributed by atoms with E-state index >= 15 is 0 Å². The molecule has 3 rings (SSSR count). The van der Waals surface area contributed by atoms with Crippen LogP contribution in [-0.4, -0.2) is 75.4 Å². The van der Waals surface area contributed by atoms with E-state index in [1.54, 1.807) is 6.07 Å². The molecule has 1 unspecified atom stereocenters. The molecule has 1 fully saturated rings. The van der Waals surface area contributed by atoms with Crippen molar-refractivity contribution < 1.29 is 32.3 Å². The number of rotatable bonds is 14. The van der Waals surface area contributed by atoms with Crippen molar-refractivity contribution >= 4 is 39.0 Å². The minimum absolute atomic E-state index is 0.00153. The van der Waals surface area contributed by atoms with Gasteiger partial charge < -0.3 is 13.9 Å². The second kappa shape index (κ2) is 13.7. The lowest BCUT2D eigenvalue weighted by Crippen LogP contribution is -2.49. The van der Waals surface area contributed by atoms with Gasteiger partial charge in [0, 0.05) is 45.9 Å². The Morgan fingerprint density at radius 1 is 1.00 bits per heavy atom. The number of imide groups is 1. The van der Waals surface area contributed by atoms with Crippen molar-refractivity contribution in [1.29, 1.82) is 0 Å². The van der Waals surface area contributed by atoms with Gasteiger partial charge in [-0.1, -0.05) is 40.4 Å². The van der Waals surface area contributed by atoms with E-state index in [1.807, 2.05) is 13.1 Å². The van der Waals surface area contributed by atoms with Crippen molar-refractivity contribution in [2.24, 2.45) is 0 Å². The van der Waals surface area contributed by atoms with E-state index in [1.165, 1.54) is 18.3 Å². The molecule has 240 valence electrons. The Kier molecular flexibility index (Phi) is 11.1. The number of nitrogens with zero attached hydrogens (tertiary/aromatic N) is 3. The Bertz CT molecular complexity index is 1350. The van der Waals surface area contributed by atoms with Gasteiger partial charge in [-0.3, -0.25) is 19.3 Å². The standard InChI is InChI=1S/C30H47F2N3O6Si2/c1-29(2,3)43(7,8)41-16-14-30(31,32)13-15-40-23-9-10-24-22(19-23)20-33-35(27(24)37)25-11-12-26(36)34(28(25)38)21-39-17-18-42(4,5)6/h9-10,19-20,25H,11-18,21H2,1-8H3. The summed E-state index contributed by atoms with van der Waals surface area (Å²) in [4.78, 5) is 40.0. The number of alkyl halides is 2. The van der Waals surface area contributed by atoms with Crippen LogP contribution in [0.5, 0.6) is 5.75 Å². The lowest BCUT2D eigenvalue weighted by atomic mass is 10.0. The third-order valence-electron chi connectivity index (χ3n) is 8.25. The predicted octanol–water partition coefficient (Wildman–Crippen LogP) is 6.22. The van der Waals surface area contributed by atoms with Crippen LogP contribution in [0.2, 0.25) is 43.8 Å². The third-order valence-corrected chi connectivity index (χ3v) is 14.5. The first-order valence-electron chi connectivity index (χ1n) is 14.9. The van der Waals surface area contributed by atoms with Gasteiger partial charge in [0.15, 0.2) is 8.32 Å². The van der Waals surface area contributed by atoms with E-state index in [0.29, 0.717) is 23.1 Å². The summed E-state index contributed by atoms with van der Waals surface area (Å²) in [7, 11) is -3.42. The number of halogens is 2. The first-order valence-corrected chi connectivity index (χ1v) is 21.5. The van der Waals surface area contributed by atoms with Crippen LogP contribution < -0.4 is 10.3 Å². The molecule has 9 nitrogen and oxygen atoms in total. The quantitative estimate of drug-likeness (QED) is 0.138. The van der Waals surface area contributed by atoms with Crippen molar-refractivity contribution in [3.63, 3.8) is 0 Å². The van der Waals surface area contributed by atoms with E-state index in [9.17, 15) is 23.2 Å². The second-order valence-corrected chi connectivity index (χ2v) is 24.4. The summed E-state index contributed by atoms with van der Waals surface area (Å²) in [6.45, 7) is 17.0. The van der Waals surface area contributed by atoms with E-state index in [4.69, 9.17) is 13.9 Å². The summed E-state index contributed by atoms with van der Waals surface area (Å²) in [5.74, 6) is -3.46. The molecule has 0 radical (unpaired) electrons. The van der Waals surface area contributed by atoms with Gasteiger partial charge in [0.05, 0.1) is 18.2 Å². The molecule has 13 heteroatoms. The largest absolute Gasteiger partial charge is 0.493 e. The van der Waals surface area contributed by atoms with E-state index in [2.05, 4.69) is 45.5 Å². The maximum absolute atomic E-state index is 14.5. The van der Waals surface area contributed by atoms with Crippen molar-refractivity contribution in [3.8, 4) is 5.75 Å². The van der Waals surface area contributed by atoms with Crippen LogP contribution in [0, 0.1) is 0 Å². The Hall–Kier alpha value is -2.49. The molecule has 0 bridgehead atoms. The van der Waals surface area contributed by atoms with Gasteiger partial charge in [-0.2, -0.15) is 5.10 Å². The number of hydrogen-bond acceptors (Lipinski definition) is 7. The van der Waals surface area contributed by atoms with Crippen LogP contribution in [0.25, 0.3) is 10.8 Å². The summed E-state index contributed by atoms with van der Waals surface area (Å²) >= 11 is 0. The highest BCUT2D eigenvalue weighted by Crippen LogP contribution is 2.37. The lowest BCUT2D eigenvalue weighted by molar-refractivity contribution is -0.157. The first-order chi connectivity index (χ1) is 19.8. The number of benzene rings is 1. The number of carbonyl (C=O) groups is 2. The number of fused-ring (bicyclic) bond motifs is 1. The maximum atomic E-state index is 14.5. The molecule has 0 saturated carbocycles. The highest BCUT2D eigenvalue weighted by molar-refractivity contribution is 6.76. The number of aromatic nitrogens is 2. The Morgan fingerprint density at radius 2 is 1.67 bits per heavy atom. The molecule has 2 aromatic rings. The molecule has 0 N–H and O–H groups in total. The Labute approximate surface area is 255 Å². The molecule has 1 aliphatic rings. The summed E-state index contributed by atoms with van der Waals surface area (Å²) in [6.07, 6.45) is 0.858. The Morgan fingerprint density at radius 3 is 2.33 bits per heavy atom. The molecule has 0 spiro atoms. The van der Waals surface area contributed by atoms with Crippen LogP contribution in [0.1, 0.15) is 52.5 Å². The fraction of sp³-hybridized carbons (Fsp3) is 0.667. The predicted molar refractivity (Wildman–Crippen MR) is 168 cm³/mol. The van der Waals surface area contributed by atoms with E-state index in [-0.39, 0.29) is 50.2 Å². The van der Waals surface area contributed by atoms with Crippen LogP contribution in [0.3, 0.4) is 0 Å². The summed E-state index contributed by atoms with van der Waals surface area (Å²) in [5, 5.41) is 4.94. The molecule has 1 aliphatic heterocycles. The van der Waals surface area contributed by atoms with Crippen LogP contribution in [-0.2, 0) is 18.8 Å². The number of piperidine rings is 1. The summed E-state index contributed by atoms with van der Waals surface area (Å²) < 4.78 is 47.2. The van der Waals surface area contributed by atoms with Crippen molar-refractivity contribution in [2.75, 3.05) is 26.6 Å². The third kappa shape index (κ3) is 9.50. The topological polar surface area (TPSA) is 100.0 Å². The van der Waals surface area contributed by atoms with Crippen molar-refractivity contribution in [1.82, 2.24) is 14.7 Å². The summed E-state index contributed by atoms with van der Waals surface area (Å²) in [5.41, 5.74) is -0.482. The highest BCUT2D eigenvalue weighted by Gasteiger charge is 2.39. The average Bonchev–Trinajstić information content (AvgIpc) is 2.87. The number of carbonyl (C=O) groups excluding carboxylic acids is 2. The second-order valence-electron chi connectivity index (χ2n) is 14.0. The number of likely N-dealkylation sites (tertiary alicyclic amines) is 1. The van der Waals surface area contributed by atoms with Gasteiger partial charge in [-0.05, 0) is 48.8 Å². The van der Waals surface area contributed by atoms with Crippen molar-refractivity contribution in [3.05, 3.63) is 34.7 Å². The van der Waals surface area contributed by atoms with Crippen molar-refractivity contribution in [2.45, 2.75) is 102 Å². The van der Waals surface area contributed by atoms with Gasteiger partial charge in [-0.25, -0.2) is 13.5 Å². The summed E-state index contributed by atoms with van der Waals surface area (Å²) in [6, 6.07) is 4.62.